The predicted molar refractivity (Wildman–Crippen MR) is 76.2 cm³/mol. The van der Waals surface area contributed by atoms with E-state index in [-0.39, 0.29) is 18.0 Å². The molecule has 0 amide bonds. The van der Waals surface area contributed by atoms with E-state index in [1.807, 2.05) is 19.1 Å². The normalized spacial score (nSPS) is 14.5. The Labute approximate surface area is 117 Å². The molecule has 102 valence electrons. The minimum absolute atomic E-state index is 0.0150. The predicted octanol–water partition coefficient (Wildman–Crippen LogP) is 4.05. The lowest BCUT2D eigenvalue weighted by Crippen LogP contribution is -2.34. The first-order valence-electron chi connectivity index (χ1n) is 6.35. The third-order valence-electron chi connectivity index (χ3n) is 2.99. The Bertz CT molecular complexity index is 373. The lowest BCUT2D eigenvalue weighted by molar-refractivity contribution is 0.0599. The van der Waals surface area contributed by atoms with E-state index < -0.39 is 0 Å². The maximum atomic E-state index is 14.2. The van der Waals surface area contributed by atoms with Crippen molar-refractivity contribution in [3.05, 3.63) is 34.1 Å². The van der Waals surface area contributed by atoms with Crippen LogP contribution in [0.4, 0.5) is 4.39 Å². The third-order valence-corrected chi connectivity index (χ3v) is 3.60. The average Bonchev–Trinajstić information content (AvgIpc) is 2.37. The largest absolute Gasteiger partial charge is 0.379 e. The number of hydrogen-bond donors (Lipinski definition) is 1. The number of benzene rings is 1. The van der Waals surface area contributed by atoms with Gasteiger partial charge in [-0.25, -0.2) is 4.39 Å². The summed E-state index contributed by atoms with van der Waals surface area (Å²) in [6.45, 7) is 4.90. The Kier molecular flexibility index (Phi) is 6.82. The van der Waals surface area contributed by atoms with Crippen LogP contribution >= 0.6 is 15.9 Å². The lowest BCUT2D eigenvalue weighted by atomic mass is 9.97. The molecule has 1 aromatic carbocycles. The minimum atomic E-state index is -0.207. The van der Waals surface area contributed by atoms with Crippen molar-refractivity contribution in [3.8, 4) is 0 Å². The number of ether oxygens (including phenoxy) is 1. The molecule has 2 unspecified atom stereocenters. The van der Waals surface area contributed by atoms with Crippen molar-refractivity contribution in [2.24, 2.45) is 0 Å². The molecule has 2 atom stereocenters. The lowest BCUT2D eigenvalue weighted by Gasteiger charge is -2.27. The molecular weight excluding hydrogens is 297 g/mol. The minimum Gasteiger partial charge on any atom is -0.379 e. The highest BCUT2D eigenvalue weighted by Gasteiger charge is 2.24. The van der Waals surface area contributed by atoms with Gasteiger partial charge in [-0.05, 0) is 35.0 Å². The van der Waals surface area contributed by atoms with Crippen LogP contribution in [0.15, 0.2) is 22.7 Å². The number of hydrogen-bond acceptors (Lipinski definition) is 2. The van der Waals surface area contributed by atoms with Crippen molar-refractivity contribution in [3.63, 3.8) is 0 Å². The van der Waals surface area contributed by atoms with E-state index in [9.17, 15) is 4.39 Å². The highest BCUT2D eigenvalue weighted by Crippen LogP contribution is 2.28. The van der Waals surface area contributed by atoms with E-state index in [2.05, 4.69) is 28.2 Å². The summed E-state index contributed by atoms with van der Waals surface area (Å²) in [4.78, 5) is 0. The molecule has 1 N–H and O–H groups in total. The number of rotatable bonds is 7. The van der Waals surface area contributed by atoms with Gasteiger partial charge in [0.25, 0.3) is 0 Å². The Morgan fingerprint density at radius 3 is 2.67 bits per heavy atom. The van der Waals surface area contributed by atoms with Crippen molar-refractivity contribution in [1.29, 1.82) is 0 Å². The van der Waals surface area contributed by atoms with Crippen LogP contribution < -0.4 is 5.32 Å². The van der Waals surface area contributed by atoms with E-state index in [0.29, 0.717) is 10.0 Å². The molecule has 0 spiro atoms. The van der Waals surface area contributed by atoms with Crippen molar-refractivity contribution >= 4 is 15.9 Å². The maximum Gasteiger partial charge on any atom is 0.142 e. The summed E-state index contributed by atoms with van der Waals surface area (Å²) < 4.78 is 20.2. The molecule has 0 saturated heterocycles. The molecule has 0 saturated carbocycles. The van der Waals surface area contributed by atoms with Crippen molar-refractivity contribution in [2.75, 3.05) is 13.7 Å². The van der Waals surface area contributed by atoms with Crippen LogP contribution in [0.2, 0.25) is 0 Å². The van der Waals surface area contributed by atoms with Gasteiger partial charge in [0.15, 0.2) is 0 Å². The molecule has 0 bridgehead atoms. The van der Waals surface area contributed by atoms with Gasteiger partial charge >= 0.3 is 0 Å². The maximum absolute atomic E-state index is 14.2. The second-order valence-corrected chi connectivity index (χ2v) is 5.10. The Morgan fingerprint density at radius 2 is 2.11 bits per heavy atom. The van der Waals surface area contributed by atoms with Gasteiger partial charge in [0.2, 0.25) is 0 Å². The Morgan fingerprint density at radius 1 is 1.39 bits per heavy atom. The van der Waals surface area contributed by atoms with Gasteiger partial charge in [0.1, 0.15) is 5.82 Å². The summed E-state index contributed by atoms with van der Waals surface area (Å²) >= 11 is 3.23. The van der Waals surface area contributed by atoms with Gasteiger partial charge < -0.3 is 10.1 Å². The van der Waals surface area contributed by atoms with E-state index in [4.69, 9.17) is 4.74 Å². The monoisotopic (exact) mass is 317 g/mol. The topological polar surface area (TPSA) is 21.3 Å². The van der Waals surface area contributed by atoms with E-state index in [1.165, 1.54) is 0 Å². The fourth-order valence-corrected chi connectivity index (χ4v) is 2.51. The molecule has 2 nitrogen and oxygen atoms in total. The Balaban J connectivity index is 3.06. The fourth-order valence-electron chi connectivity index (χ4n) is 2.13. The first kappa shape index (κ1) is 15.6. The first-order chi connectivity index (χ1) is 8.65. The molecule has 0 aromatic heterocycles. The van der Waals surface area contributed by atoms with Gasteiger partial charge in [-0.15, -0.1) is 0 Å². The van der Waals surface area contributed by atoms with E-state index >= 15 is 0 Å². The number of likely N-dealkylation sites (N-methyl/N-ethyl adjacent to an activating group) is 1. The molecule has 0 aliphatic rings. The molecular formula is C14H21BrFNO. The first-order valence-corrected chi connectivity index (χ1v) is 7.15. The smallest absolute Gasteiger partial charge is 0.142 e. The second-order valence-electron chi connectivity index (χ2n) is 4.24. The molecule has 1 rings (SSSR count). The molecule has 0 fully saturated rings. The van der Waals surface area contributed by atoms with Crippen LogP contribution in [0.1, 0.15) is 38.3 Å². The zero-order valence-electron chi connectivity index (χ0n) is 11.2. The third kappa shape index (κ3) is 3.77. The van der Waals surface area contributed by atoms with Crippen LogP contribution in [-0.2, 0) is 4.74 Å². The van der Waals surface area contributed by atoms with Gasteiger partial charge in [-0.2, -0.15) is 0 Å². The molecule has 0 aliphatic carbocycles. The summed E-state index contributed by atoms with van der Waals surface area (Å²) in [5.41, 5.74) is 0.659. The van der Waals surface area contributed by atoms with Gasteiger partial charge in [-0.3, -0.25) is 0 Å². The Hall–Kier alpha value is -0.450. The van der Waals surface area contributed by atoms with Crippen molar-refractivity contribution in [1.82, 2.24) is 5.32 Å². The summed E-state index contributed by atoms with van der Waals surface area (Å²) in [6.07, 6.45) is 1.90. The van der Waals surface area contributed by atoms with Gasteiger partial charge in [0.05, 0.1) is 16.6 Å². The SMILES string of the molecule is CCCC(OC)C(NCC)c1cccc(Br)c1F. The molecule has 0 aliphatic heterocycles. The van der Waals surface area contributed by atoms with Crippen LogP contribution in [0, 0.1) is 5.82 Å². The van der Waals surface area contributed by atoms with Crippen molar-refractivity contribution in [2.45, 2.75) is 38.8 Å². The summed E-state index contributed by atoms with van der Waals surface area (Å²) in [5, 5.41) is 3.32. The summed E-state index contributed by atoms with van der Waals surface area (Å²) in [7, 11) is 1.68. The molecule has 0 radical (unpaired) electrons. The zero-order chi connectivity index (χ0) is 13.5. The average molecular weight is 318 g/mol. The van der Waals surface area contributed by atoms with E-state index in [1.54, 1.807) is 13.2 Å². The molecule has 18 heavy (non-hydrogen) atoms. The van der Waals surface area contributed by atoms with Crippen LogP contribution in [0.25, 0.3) is 0 Å². The molecule has 0 heterocycles. The van der Waals surface area contributed by atoms with Gasteiger partial charge in [-0.1, -0.05) is 32.4 Å². The number of halogens is 2. The zero-order valence-corrected chi connectivity index (χ0v) is 12.8. The second kappa shape index (κ2) is 7.87. The summed E-state index contributed by atoms with van der Waals surface area (Å²) in [6, 6.07) is 5.27. The molecule has 1 aromatic rings. The quantitative estimate of drug-likeness (QED) is 0.819. The van der Waals surface area contributed by atoms with Gasteiger partial charge in [0, 0.05) is 12.7 Å². The standard InChI is InChI=1S/C14H21BrFNO/c1-4-7-12(18-3)14(17-5-2)10-8-6-9-11(15)13(10)16/h6,8-9,12,14,17H,4-5,7H2,1-3H3. The van der Waals surface area contributed by atoms with Crippen molar-refractivity contribution < 1.29 is 9.13 Å². The van der Waals surface area contributed by atoms with Crippen LogP contribution in [-0.4, -0.2) is 19.8 Å². The summed E-state index contributed by atoms with van der Waals surface area (Å²) in [5.74, 6) is -0.207. The van der Waals surface area contributed by atoms with Crippen LogP contribution in [0.5, 0.6) is 0 Å². The van der Waals surface area contributed by atoms with E-state index in [0.717, 1.165) is 19.4 Å². The molecule has 4 heteroatoms. The van der Waals surface area contributed by atoms with Crippen LogP contribution in [0.3, 0.4) is 0 Å². The number of methoxy groups -OCH3 is 1. The highest BCUT2D eigenvalue weighted by molar-refractivity contribution is 9.10. The highest BCUT2D eigenvalue weighted by atomic mass is 79.9. The number of nitrogens with one attached hydrogen (secondary N) is 1. The fraction of sp³-hybridized carbons (Fsp3) is 0.571.